The van der Waals surface area contributed by atoms with Crippen LogP contribution in [0.4, 0.5) is 11.4 Å². The van der Waals surface area contributed by atoms with Gasteiger partial charge in [0.1, 0.15) is 5.82 Å². The van der Waals surface area contributed by atoms with Crippen molar-refractivity contribution in [2.75, 3.05) is 11.9 Å². The zero-order valence-electron chi connectivity index (χ0n) is 11.1. The molecule has 1 aromatic carbocycles. The maximum Gasteiger partial charge on any atom is 0.278 e. The zero-order chi connectivity index (χ0) is 14.7. The number of nitro benzene ring substituents is 1. The Labute approximate surface area is 120 Å². The van der Waals surface area contributed by atoms with Crippen LogP contribution in [0.2, 0.25) is 0 Å². The Kier molecular flexibility index (Phi) is 3.46. The molecular formula is C14H13N5O2. The van der Waals surface area contributed by atoms with Crippen LogP contribution in [0.5, 0.6) is 0 Å². The Morgan fingerprint density at radius 2 is 2.14 bits per heavy atom. The lowest BCUT2D eigenvalue weighted by Gasteiger charge is -2.09. The molecule has 21 heavy (non-hydrogen) atoms. The number of aromatic nitrogens is 3. The molecule has 0 unspecified atom stereocenters. The molecule has 106 valence electrons. The van der Waals surface area contributed by atoms with Gasteiger partial charge in [-0.05, 0) is 12.1 Å². The van der Waals surface area contributed by atoms with E-state index in [0.717, 1.165) is 23.3 Å². The molecule has 2 aromatic heterocycles. The minimum Gasteiger partial charge on any atom is -0.384 e. The lowest BCUT2D eigenvalue weighted by atomic mass is 10.1. The first-order valence-corrected chi connectivity index (χ1v) is 6.49. The number of pyridine rings is 1. The van der Waals surface area contributed by atoms with Crippen LogP contribution in [-0.4, -0.2) is 26.4 Å². The number of anilines is 1. The third kappa shape index (κ3) is 2.66. The fraction of sp³-hybridized carbons (Fsp3) is 0.143. The van der Waals surface area contributed by atoms with Crippen LogP contribution in [0, 0.1) is 10.1 Å². The molecule has 2 N–H and O–H groups in total. The molecule has 0 fully saturated rings. The number of rotatable bonds is 5. The number of H-pyrrole nitrogens is 1. The standard InChI is InChI=1S/C14H13N5O2/c20-19(21)13-2-1-12(10-3-5-15-9-11(10)13)16-6-4-14-17-7-8-18-14/h1-3,5,7-9,16H,4,6H2,(H,17,18). The molecule has 0 saturated heterocycles. The second kappa shape index (κ2) is 5.58. The van der Waals surface area contributed by atoms with Crippen LogP contribution in [0.3, 0.4) is 0 Å². The Hall–Kier alpha value is -2.96. The minimum absolute atomic E-state index is 0.0645. The summed E-state index contributed by atoms with van der Waals surface area (Å²) in [6, 6.07) is 5.00. The molecule has 0 atom stereocenters. The molecule has 0 aliphatic heterocycles. The van der Waals surface area contributed by atoms with Crippen molar-refractivity contribution >= 4 is 22.1 Å². The Bertz CT molecular complexity index is 770. The fourth-order valence-electron chi connectivity index (χ4n) is 2.24. The molecule has 0 spiro atoms. The van der Waals surface area contributed by atoms with E-state index >= 15 is 0 Å². The lowest BCUT2D eigenvalue weighted by molar-refractivity contribution is -0.383. The largest absolute Gasteiger partial charge is 0.384 e. The second-order valence-corrected chi connectivity index (χ2v) is 4.52. The number of nitrogens with zero attached hydrogens (tertiary/aromatic N) is 3. The van der Waals surface area contributed by atoms with Crippen molar-refractivity contribution in [3.8, 4) is 0 Å². The van der Waals surface area contributed by atoms with Gasteiger partial charge in [-0.2, -0.15) is 0 Å². The molecule has 0 aliphatic carbocycles. The summed E-state index contributed by atoms with van der Waals surface area (Å²) in [7, 11) is 0. The summed E-state index contributed by atoms with van der Waals surface area (Å²) < 4.78 is 0. The van der Waals surface area contributed by atoms with Crippen LogP contribution in [-0.2, 0) is 6.42 Å². The highest BCUT2D eigenvalue weighted by atomic mass is 16.6. The molecule has 3 aromatic rings. The summed E-state index contributed by atoms with van der Waals surface area (Å²) in [5.74, 6) is 0.899. The van der Waals surface area contributed by atoms with Crippen molar-refractivity contribution in [2.45, 2.75) is 6.42 Å². The summed E-state index contributed by atoms with van der Waals surface area (Å²) in [5, 5.41) is 15.6. The van der Waals surface area contributed by atoms with Gasteiger partial charge in [-0.15, -0.1) is 0 Å². The number of imidazole rings is 1. The van der Waals surface area contributed by atoms with Gasteiger partial charge in [-0.3, -0.25) is 15.1 Å². The van der Waals surface area contributed by atoms with Gasteiger partial charge in [0, 0.05) is 54.9 Å². The van der Waals surface area contributed by atoms with Gasteiger partial charge in [0.05, 0.1) is 10.3 Å². The summed E-state index contributed by atoms with van der Waals surface area (Å²) in [6.07, 6.45) is 7.38. The number of hydrogen-bond acceptors (Lipinski definition) is 5. The van der Waals surface area contributed by atoms with Gasteiger partial charge < -0.3 is 10.3 Å². The number of nitro groups is 1. The van der Waals surface area contributed by atoms with E-state index < -0.39 is 4.92 Å². The third-order valence-electron chi connectivity index (χ3n) is 3.22. The number of benzene rings is 1. The fourth-order valence-corrected chi connectivity index (χ4v) is 2.24. The predicted octanol–water partition coefficient (Wildman–Crippen LogP) is 2.52. The van der Waals surface area contributed by atoms with Gasteiger partial charge in [0.2, 0.25) is 0 Å². The normalized spacial score (nSPS) is 10.7. The topological polar surface area (TPSA) is 96.7 Å². The monoisotopic (exact) mass is 283 g/mol. The summed E-state index contributed by atoms with van der Waals surface area (Å²) in [5.41, 5.74) is 0.916. The van der Waals surface area contributed by atoms with E-state index in [4.69, 9.17) is 0 Å². The summed E-state index contributed by atoms with van der Waals surface area (Å²) in [6.45, 7) is 0.683. The average Bonchev–Trinajstić information content (AvgIpc) is 3.00. The predicted molar refractivity (Wildman–Crippen MR) is 79.2 cm³/mol. The van der Waals surface area contributed by atoms with Crippen molar-refractivity contribution in [2.24, 2.45) is 0 Å². The molecule has 0 aliphatic rings. The first-order valence-electron chi connectivity index (χ1n) is 6.49. The van der Waals surface area contributed by atoms with Crippen LogP contribution >= 0.6 is 0 Å². The van der Waals surface area contributed by atoms with Crippen molar-refractivity contribution in [3.63, 3.8) is 0 Å². The van der Waals surface area contributed by atoms with E-state index in [0.29, 0.717) is 11.9 Å². The first-order chi connectivity index (χ1) is 10.3. The molecule has 7 heteroatoms. The Morgan fingerprint density at radius 1 is 1.24 bits per heavy atom. The highest BCUT2D eigenvalue weighted by Crippen LogP contribution is 2.30. The van der Waals surface area contributed by atoms with Crippen molar-refractivity contribution in [3.05, 3.63) is 58.9 Å². The van der Waals surface area contributed by atoms with Crippen LogP contribution in [0.25, 0.3) is 10.8 Å². The van der Waals surface area contributed by atoms with E-state index in [9.17, 15) is 10.1 Å². The van der Waals surface area contributed by atoms with Gasteiger partial charge in [-0.1, -0.05) is 0 Å². The van der Waals surface area contributed by atoms with Gasteiger partial charge in [0.25, 0.3) is 5.69 Å². The second-order valence-electron chi connectivity index (χ2n) is 4.52. The molecule has 0 radical (unpaired) electrons. The van der Waals surface area contributed by atoms with Crippen LogP contribution < -0.4 is 5.32 Å². The maximum atomic E-state index is 11.0. The molecule has 7 nitrogen and oxygen atoms in total. The number of nitrogens with one attached hydrogen (secondary N) is 2. The number of fused-ring (bicyclic) bond motifs is 1. The number of hydrogen-bond donors (Lipinski definition) is 2. The Morgan fingerprint density at radius 3 is 2.90 bits per heavy atom. The summed E-state index contributed by atoms with van der Waals surface area (Å²) in [4.78, 5) is 21.8. The van der Waals surface area contributed by atoms with Crippen molar-refractivity contribution in [1.29, 1.82) is 0 Å². The molecule has 0 saturated carbocycles. The van der Waals surface area contributed by atoms with Gasteiger partial charge >= 0.3 is 0 Å². The molecule has 3 rings (SSSR count). The number of aromatic amines is 1. The quantitative estimate of drug-likeness (QED) is 0.554. The van der Waals surface area contributed by atoms with Gasteiger partial charge in [-0.25, -0.2) is 4.98 Å². The molecule has 0 bridgehead atoms. The lowest BCUT2D eigenvalue weighted by Crippen LogP contribution is -2.06. The third-order valence-corrected chi connectivity index (χ3v) is 3.22. The molecule has 0 amide bonds. The highest BCUT2D eigenvalue weighted by molar-refractivity contribution is 5.99. The smallest absolute Gasteiger partial charge is 0.278 e. The van der Waals surface area contributed by atoms with Crippen molar-refractivity contribution in [1.82, 2.24) is 15.0 Å². The van der Waals surface area contributed by atoms with E-state index in [1.807, 2.05) is 0 Å². The summed E-state index contributed by atoms with van der Waals surface area (Å²) >= 11 is 0. The first kappa shape index (κ1) is 13.0. The van der Waals surface area contributed by atoms with Crippen molar-refractivity contribution < 1.29 is 4.92 Å². The van der Waals surface area contributed by atoms with E-state index in [1.54, 1.807) is 30.7 Å². The van der Waals surface area contributed by atoms with E-state index in [2.05, 4.69) is 20.3 Å². The van der Waals surface area contributed by atoms with Crippen LogP contribution in [0.1, 0.15) is 5.82 Å². The molecular weight excluding hydrogens is 270 g/mol. The van der Waals surface area contributed by atoms with E-state index in [1.165, 1.54) is 12.3 Å². The average molecular weight is 283 g/mol. The highest BCUT2D eigenvalue weighted by Gasteiger charge is 2.14. The van der Waals surface area contributed by atoms with Crippen LogP contribution in [0.15, 0.2) is 43.0 Å². The van der Waals surface area contributed by atoms with E-state index in [-0.39, 0.29) is 5.69 Å². The van der Waals surface area contributed by atoms with Gasteiger partial charge in [0.15, 0.2) is 0 Å². The minimum atomic E-state index is -0.392. The zero-order valence-corrected chi connectivity index (χ0v) is 11.1. The molecule has 2 heterocycles. The Balaban J connectivity index is 1.85. The number of non-ortho nitro benzene ring substituents is 1. The maximum absolute atomic E-state index is 11.0. The SMILES string of the molecule is O=[N+]([O-])c1ccc(NCCc2ncc[nH]2)c2ccncc12.